The zero-order valence-corrected chi connectivity index (χ0v) is 14.1. The van der Waals surface area contributed by atoms with Crippen LogP contribution in [0, 0.1) is 13.8 Å². The molecule has 0 aromatic carbocycles. The van der Waals surface area contributed by atoms with Crippen LogP contribution in [0.25, 0.3) is 0 Å². The van der Waals surface area contributed by atoms with Crippen LogP contribution in [0.2, 0.25) is 0 Å². The quantitative estimate of drug-likeness (QED) is 0.838. The van der Waals surface area contributed by atoms with E-state index in [1.165, 1.54) is 0 Å². The Morgan fingerprint density at radius 2 is 2.09 bits per heavy atom. The summed E-state index contributed by atoms with van der Waals surface area (Å²) in [6.45, 7) is 7.15. The van der Waals surface area contributed by atoms with Crippen molar-refractivity contribution >= 4 is 11.8 Å². The minimum atomic E-state index is 0.0420. The molecule has 1 aromatic heterocycles. The molecule has 0 aliphatic carbocycles. The fraction of sp³-hybridized carbons (Fsp3) is 0.688. The number of aryl methyl sites for hydroxylation is 2. The summed E-state index contributed by atoms with van der Waals surface area (Å²) >= 11 is 0. The van der Waals surface area contributed by atoms with Crippen LogP contribution >= 0.6 is 0 Å². The normalized spacial score (nSPS) is 22.6. The number of carbonyl (C=O) groups is 2. The lowest BCUT2D eigenvalue weighted by atomic mass is 10.0. The number of rotatable bonds is 2. The van der Waals surface area contributed by atoms with Crippen molar-refractivity contribution in [3.63, 3.8) is 0 Å². The fourth-order valence-corrected chi connectivity index (χ4v) is 3.64. The topological polar surface area (TPSA) is 70.5 Å². The van der Waals surface area contributed by atoms with Gasteiger partial charge in [-0.05, 0) is 26.7 Å². The van der Waals surface area contributed by atoms with Gasteiger partial charge in [0.15, 0.2) is 0 Å². The number of likely N-dealkylation sites (tertiary alicyclic amines) is 1. The van der Waals surface area contributed by atoms with E-state index in [0.29, 0.717) is 18.7 Å². The van der Waals surface area contributed by atoms with Crippen molar-refractivity contribution in [1.82, 2.24) is 24.9 Å². The highest BCUT2D eigenvalue weighted by molar-refractivity contribution is 5.96. The number of amides is 2. The first-order valence-corrected chi connectivity index (χ1v) is 8.28. The molecule has 2 aliphatic rings. The van der Waals surface area contributed by atoms with Gasteiger partial charge in [-0.25, -0.2) is 0 Å². The molecule has 2 fully saturated rings. The van der Waals surface area contributed by atoms with Crippen molar-refractivity contribution < 1.29 is 9.59 Å². The minimum Gasteiger partial charge on any atom is -0.336 e. The summed E-state index contributed by atoms with van der Waals surface area (Å²) in [5.41, 5.74) is 2.38. The molecule has 0 saturated carbocycles. The second-order valence-corrected chi connectivity index (χ2v) is 6.48. The second-order valence-electron chi connectivity index (χ2n) is 6.48. The van der Waals surface area contributed by atoms with Crippen molar-refractivity contribution in [2.24, 2.45) is 7.05 Å². The van der Waals surface area contributed by atoms with E-state index in [2.05, 4.69) is 10.4 Å². The van der Waals surface area contributed by atoms with Gasteiger partial charge in [-0.15, -0.1) is 0 Å². The van der Waals surface area contributed by atoms with Crippen molar-refractivity contribution in [3.05, 3.63) is 17.0 Å². The van der Waals surface area contributed by atoms with Gasteiger partial charge >= 0.3 is 0 Å². The predicted octanol–water partition coefficient (Wildman–Crippen LogP) is 0.0733. The Morgan fingerprint density at radius 3 is 2.74 bits per heavy atom. The van der Waals surface area contributed by atoms with Gasteiger partial charge in [-0.3, -0.25) is 14.3 Å². The van der Waals surface area contributed by atoms with Crippen LogP contribution < -0.4 is 5.32 Å². The molecule has 2 saturated heterocycles. The van der Waals surface area contributed by atoms with E-state index in [1.54, 1.807) is 4.68 Å². The van der Waals surface area contributed by atoms with Gasteiger partial charge in [0.05, 0.1) is 17.8 Å². The predicted molar refractivity (Wildman–Crippen MR) is 86.2 cm³/mol. The molecule has 3 heterocycles. The van der Waals surface area contributed by atoms with Crippen molar-refractivity contribution in [2.75, 3.05) is 32.7 Å². The maximum Gasteiger partial charge on any atom is 0.257 e. The van der Waals surface area contributed by atoms with E-state index in [9.17, 15) is 9.59 Å². The number of carbonyl (C=O) groups excluding carboxylic acids is 2. The van der Waals surface area contributed by atoms with Gasteiger partial charge in [0, 0.05) is 45.0 Å². The number of aromatic nitrogens is 2. The van der Waals surface area contributed by atoms with Gasteiger partial charge < -0.3 is 15.1 Å². The first-order valence-electron chi connectivity index (χ1n) is 8.28. The lowest BCUT2D eigenvalue weighted by Gasteiger charge is -2.41. The molecule has 3 rings (SSSR count). The third-order valence-electron chi connectivity index (χ3n) is 4.97. The SMILES string of the molecule is Cc1nn(C)c(C)c1C(=O)N1CCCC(N2CCNCC2=O)C1. The van der Waals surface area contributed by atoms with E-state index in [-0.39, 0.29) is 17.9 Å². The molecule has 2 aliphatic heterocycles. The van der Waals surface area contributed by atoms with Crippen LogP contribution in [0.5, 0.6) is 0 Å². The molecule has 1 unspecified atom stereocenters. The Bertz CT molecular complexity index is 624. The van der Waals surface area contributed by atoms with Gasteiger partial charge in [-0.2, -0.15) is 5.10 Å². The minimum absolute atomic E-state index is 0.0420. The maximum absolute atomic E-state index is 12.9. The summed E-state index contributed by atoms with van der Waals surface area (Å²) in [5, 5.41) is 7.44. The fourth-order valence-electron chi connectivity index (χ4n) is 3.64. The summed E-state index contributed by atoms with van der Waals surface area (Å²) < 4.78 is 1.75. The van der Waals surface area contributed by atoms with Crippen LogP contribution in [0.15, 0.2) is 0 Å². The molecule has 1 atom stereocenters. The van der Waals surface area contributed by atoms with E-state index >= 15 is 0 Å². The van der Waals surface area contributed by atoms with Crippen molar-refractivity contribution in [1.29, 1.82) is 0 Å². The number of hydrogen-bond donors (Lipinski definition) is 1. The van der Waals surface area contributed by atoms with Crippen molar-refractivity contribution in [2.45, 2.75) is 32.7 Å². The highest BCUT2D eigenvalue weighted by Gasteiger charge is 2.33. The van der Waals surface area contributed by atoms with Crippen LogP contribution in [0.4, 0.5) is 0 Å². The molecular weight excluding hydrogens is 294 g/mol. The Morgan fingerprint density at radius 1 is 1.30 bits per heavy atom. The maximum atomic E-state index is 12.9. The van der Waals surface area contributed by atoms with E-state index in [0.717, 1.165) is 43.9 Å². The molecule has 0 spiro atoms. The summed E-state index contributed by atoms with van der Waals surface area (Å²) in [4.78, 5) is 28.9. The number of piperazine rings is 1. The molecule has 7 nitrogen and oxygen atoms in total. The molecule has 126 valence electrons. The highest BCUT2D eigenvalue weighted by atomic mass is 16.2. The molecule has 0 radical (unpaired) electrons. The zero-order chi connectivity index (χ0) is 16.6. The highest BCUT2D eigenvalue weighted by Crippen LogP contribution is 2.21. The second kappa shape index (κ2) is 6.31. The Labute approximate surface area is 136 Å². The van der Waals surface area contributed by atoms with Gasteiger partial charge in [-0.1, -0.05) is 0 Å². The molecular formula is C16H25N5O2. The standard InChI is InChI=1S/C16H25N5O2/c1-11-15(12(2)19(3)18-11)16(23)20-7-4-5-13(10-20)21-8-6-17-9-14(21)22/h13,17H,4-10H2,1-3H3. The Hall–Kier alpha value is -1.89. The smallest absolute Gasteiger partial charge is 0.257 e. The molecule has 1 aromatic rings. The summed E-state index contributed by atoms with van der Waals surface area (Å²) in [6, 6.07) is 0.139. The molecule has 23 heavy (non-hydrogen) atoms. The molecule has 0 bridgehead atoms. The lowest BCUT2D eigenvalue weighted by Crippen LogP contribution is -2.57. The molecule has 7 heteroatoms. The van der Waals surface area contributed by atoms with Crippen LogP contribution in [-0.4, -0.2) is 70.2 Å². The summed E-state index contributed by atoms with van der Waals surface area (Å²) in [5.74, 6) is 0.185. The first kappa shape index (κ1) is 16.0. The summed E-state index contributed by atoms with van der Waals surface area (Å²) in [6.07, 6.45) is 1.91. The van der Waals surface area contributed by atoms with Crippen molar-refractivity contribution in [3.8, 4) is 0 Å². The van der Waals surface area contributed by atoms with Crippen LogP contribution in [-0.2, 0) is 11.8 Å². The summed E-state index contributed by atoms with van der Waals surface area (Å²) in [7, 11) is 1.86. The average molecular weight is 319 g/mol. The average Bonchev–Trinajstić information content (AvgIpc) is 2.80. The largest absolute Gasteiger partial charge is 0.336 e. The van der Waals surface area contributed by atoms with E-state index < -0.39 is 0 Å². The Balaban J connectivity index is 1.75. The third kappa shape index (κ3) is 2.97. The van der Waals surface area contributed by atoms with Gasteiger partial charge in [0.2, 0.25) is 5.91 Å². The molecule has 1 N–H and O–H groups in total. The van der Waals surface area contributed by atoms with Gasteiger partial charge in [0.25, 0.3) is 5.91 Å². The number of hydrogen-bond acceptors (Lipinski definition) is 4. The number of nitrogens with zero attached hydrogens (tertiary/aromatic N) is 4. The van der Waals surface area contributed by atoms with E-state index in [4.69, 9.17) is 0 Å². The lowest BCUT2D eigenvalue weighted by molar-refractivity contribution is -0.135. The van der Waals surface area contributed by atoms with Crippen LogP contribution in [0.1, 0.15) is 34.6 Å². The van der Waals surface area contributed by atoms with Crippen LogP contribution in [0.3, 0.4) is 0 Å². The van der Waals surface area contributed by atoms with Gasteiger partial charge in [0.1, 0.15) is 0 Å². The number of nitrogens with one attached hydrogen (secondary N) is 1. The van der Waals surface area contributed by atoms with E-state index in [1.807, 2.05) is 30.7 Å². The third-order valence-corrected chi connectivity index (χ3v) is 4.97. The first-order chi connectivity index (χ1) is 11.0. The number of piperidine rings is 1. The Kier molecular flexibility index (Phi) is 4.39. The zero-order valence-electron chi connectivity index (χ0n) is 14.1. The monoisotopic (exact) mass is 319 g/mol. The molecule has 2 amide bonds.